The Morgan fingerprint density at radius 1 is 1.27 bits per heavy atom. The lowest BCUT2D eigenvalue weighted by molar-refractivity contribution is -0.143. The van der Waals surface area contributed by atoms with E-state index < -0.39 is 0 Å². The van der Waals surface area contributed by atoms with Crippen molar-refractivity contribution in [3.05, 3.63) is 28.6 Å². The summed E-state index contributed by atoms with van der Waals surface area (Å²) in [5.74, 6) is 0.339. The van der Waals surface area contributed by atoms with Crippen molar-refractivity contribution < 1.29 is 24.2 Å². The van der Waals surface area contributed by atoms with E-state index in [4.69, 9.17) is 14.6 Å². The average Bonchev–Trinajstić information content (AvgIpc) is 3.05. The maximum Gasteiger partial charge on any atom is 0.307 e. The molecule has 0 aliphatic rings. The molecule has 0 aliphatic heterocycles. The van der Waals surface area contributed by atoms with Crippen LogP contribution in [0, 0.1) is 0 Å². The van der Waals surface area contributed by atoms with Gasteiger partial charge in [0.1, 0.15) is 5.75 Å². The number of fused-ring (bicyclic) bond motifs is 1. The Bertz CT molecular complexity index is 771. The van der Waals surface area contributed by atoms with Crippen LogP contribution >= 0.6 is 11.3 Å². The fourth-order valence-corrected chi connectivity index (χ4v) is 3.75. The summed E-state index contributed by atoms with van der Waals surface area (Å²) in [6, 6.07) is 5.79. The zero-order chi connectivity index (χ0) is 19.1. The molecule has 0 radical (unpaired) electrons. The molecule has 0 bridgehead atoms. The van der Waals surface area contributed by atoms with E-state index in [9.17, 15) is 9.59 Å². The summed E-state index contributed by atoms with van der Waals surface area (Å²) in [5.41, 5.74) is 1.02. The number of nitrogens with zero attached hydrogens (tertiary/aromatic N) is 1. The SMILES string of the molecule is CCOC(=O)CCN(C)C(=O)c1cc2cc(OC)c(CCCO)cc2s1. The van der Waals surface area contributed by atoms with Gasteiger partial charge in [-0.25, -0.2) is 0 Å². The summed E-state index contributed by atoms with van der Waals surface area (Å²) in [5, 5.41) is 9.99. The Hall–Kier alpha value is -2.12. The van der Waals surface area contributed by atoms with Gasteiger partial charge in [-0.15, -0.1) is 11.3 Å². The highest BCUT2D eigenvalue weighted by Gasteiger charge is 2.17. The van der Waals surface area contributed by atoms with Gasteiger partial charge < -0.3 is 19.5 Å². The number of esters is 1. The van der Waals surface area contributed by atoms with E-state index in [0.29, 0.717) is 24.4 Å². The number of ether oxygens (including phenoxy) is 2. The second kappa shape index (κ2) is 9.54. The third kappa shape index (κ3) is 4.95. The van der Waals surface area contributed by atoms with Crippen molar-refractivity contribution in [3.63, 3.8) is 0 Å². The number of aryl methyl sites for hydroxylation is 1. The van der Waals surface area contributed by atoms with Crippen LogP contribution < -0.4 is 4.74 Å². The monoisotopic (exact) mass is 379 g/mol. The van der Waals surface area contributed by atoms with Crippen LogP contribution in [0.2, 0.25) is 0 Å². The van der Waals surface area contributed by atoms with Gasteiger partial charge in [0.15, 0.2) is 0 Å². The van der Waals surface area contributed by atoms with Gasteiger partial charge in [-0.2, -0.15) is 0 Å². The molecule has 0 atom stereocenters. The first-order chi connectivity index (χ1) is 12.5. The van der Waals surface area contributed by atoms with Crippen LogP contribution in [0.4, 0.5) is 0 Å². The van der Waals surface area contributed by atoms with Gasteiger partial charge in [0.25, 0.3) is 5.91 Å². The highest BCUT2D eigenvalue weighted by molar-refractivity contribution is 7.20. The second-order valence-corrected chi connectivity index (χ2v) is 7.01. The number of carbonyl (C=O) groups excluding carboxylic acids is 2. The predicted octanol–water partition coefficient (Wildman–Crippen LogP) is 2.86. The van der Waals surface area contributed by atoms with Gasteiger partial charge in [-0.1, -0.05) is 0 Å². The topological polar surface area (TPSA) is 76.1 Å². The molecule has 1 N–H and O–H groups in total. The van der Waals surface area contributed by atoms with Gasteiger partial charge >= 0.3 is 5.97 Å². The fraction of sp³-hybridized carbons (Fsp3) is 0.474. The minimum Gasteiger partial charge on any atom is -0.496 e. The standard InChI is InChI=1S/C19H25NO5S/c1-4-25-18(22)7-8-20(2)19(23)17-12-14-10-15(24-3)13(6-5-9-21)11-16(14)26-17/h10-12,21H,4-9H2,1-3H3. The Morgan fingerprint density at radius 2 is 2.04 bits per heavy atom. The Balaban J connectivity index is 2.16. The van der Waals surface area contributed by atoms with Crippen LogP contribution in [0.25, 0.3) is 10.1 Å². The second-order valence-electron chi connectivity index (χ2n) is 5.92. The number of thiophene rings is 1. The molecule has 0 aliphatic carbocycles. The minimum atomic E-state index is -0.304. The van der Waals surface area contributed by atoms with Crippen molar-refractivity contribution in [3.8, 4) is 5.75 Å². The highest BCUT2D eigenvalue weighted by Crippen LogP contribution is 2.33. The third-order valence-electron chi connectivity index (χ3n) is 4.04. The molecule has 6 nitrogen and oxygen atoms in total. The van der Waals surface area contributed by atoms with Crippen molar-refractivity contribution in [2.45, 2.75) is 26.2 Å². The largest absolute Gasteiger partial charge is 0.496 e. The summed E-state index contributed by atoms with van der Waals surface area (Å²) < 4.78 is 11.3. The lowest BCUT2D eigenvalue weighted by Gasteiger charge is -2.15. The molecule has 0 saturated carbocycles. The summed E-state index contributed by atoms with van der Waals surface area (Å²) in [6.07, 6.45) is 1.56. The van der Waals surface area contributed by atoms with Crippen molar-refractivity contribution in [2.75, 3.05) is 33.9 Å². The molecule has 142 valence electrons. The fourth-order valence-electron chi connectivity index (χ4n) is 2.65. The minimum absolute atomic E-state index is 0.119. The Kier molecular flexibility index (Phi) is 7.41. The van der Waals surface area contributed by atoms with Gasteiger partial charge in [0.05, 0.1) is 25.0 Å². The number of rotatable bonds is 9. The molecule has 0 fully saturated rings. The molecule has 0 unspecified atom stereocenters. The van der Waals surface area contributed by atoms with Crippen LogP contribution in [0.3, 0.4) is 0 Å². The van der Waals surface area contributed by atoms with Gasteiger partial charge in [-0.3, -0.25) is 9.59 Å². The number of hydrogen-bond acceptors (Lipinski definition) is 6. The highest BCUT2D eigenvalue weighted by atomic mass is 32.1. The molecule has 1 amide bonds. The normalized spacial score (nSPS) is 10.8. The lowest BCUT2D eigenvalue weighted by atomic mass is 10.1. The van der Waals surface area contributed by atoms with Crippen LogP contribution in [-0.4, -0.2) is 55.8 Å². The quantitative estimate of drug-likeness (QED) is 0.678. The molecule has 26 heavy (non-hydrogen) atoms. The molecule has 1 aromatic heterocycles. The van der Waals surface area contributed by atoms with E-state index in [1.165, 1.54) is 16.2 Å². The van der Waals surface area contributed by atoms with E-state index >= 15 is 0 Å². The first kappa shape index (κ1) is 20.2. The number of aliphatic hydroxyl groups excluding tert-OH is 1. The zero-order valence-electron chi connectivity index (χ0n) is 15.4. The number of methoxy groups -OCH3 is 1. The van der Waals surface area contributed by atoms with Gasteiger partial charge in [0.2, 0.25) is 0 Å². The number of amides is 1. The van der Waals surface area contributed by atoms with E-state index in [1.54, 1.807) is 21.1 Å². The van der Waals surface area contributed by atoms with Gasteiger partial charge in [0, 0.05) is 24.9 Å². The van der Waals surface area contributed by atoms with Crippen molar-refractivity contribution in [1.82, 2.24) is 4.90 Å². The lowest BCUT2D eigenvalue weighted by Crippen LogP contribution is -2.28. The summed E-state index contributed by atoms with van der Waals surface area (Å²) in [7, 11) is 3.30. The molecular weight excluding hydrogens is 354 g/mol. The van der Waals surface area contributed by atoms with Crippen molar-refractivity contribution in [2.24, 2.45) is 0 Å². The first-order valence-corrected chi connectivity index (χ1v) is 9.44. The number of hydrogen-bond donors (Lipinski definition) is 1. The number of aliphatic hydroxyl groups is 1. The zero-order valence-corrected chi connectivity index (χ0v) is 16.2. The number of benzene rings is 1. The molecule has 2 aromatic rings. The predicted molar refractivity (Wildman–Crippen MR) is 102 cm³/mol. The maximum atomic E-state index is 12.6. The van der Waals surface area contributed by atoms with Crippen molar-refractivity contribution in [1.29, 1.82) is 0 Å². The Labute approximate surface area is 157 Å². The van der Waals surface area contributed by atoms with Crippen LogP contribution in [0.1, 0.15) is 35.0 Å². The molecule has 1 heterocycles. The summed E-state index contributed by atoms with van der Waals surface area (Å²) in [6.45, 7) is 2.54. The van der Waals surface area contributed by atoms with Gasteiger partial charge in [-0.05, 0) is 48.9 Å². The molecule has 1 aromatic carbocycles. The maximum absolute atomic E-state index is 12.6. The smallest absolute Gasteiger partial charge is 0.307 e. The van der Waals surface area contributed by atoms with E-state index in [0.717, 1.165) is 27.8 Å². The first-order valence-electron chi connectivity index (χ1n) is 8.62. The molecule has 0 saturated heterocycles. The van der Waals surface area contributed by atoms with E-state index in [1.807, 2.05) is 18.2 Å². The number of carbonyl (C=O) groups is 2. The molecule has 7 heteroatoms. The van der Waals surface area contributed by atoms with Crippen LogP contribution in [0.5, 0.6) is 5.75 Å². The van der Waals surface area contributed by atoms with E-state index in [2.05, 4.69) is 0 Å². The Morgan fingerprint density at radius 3 is 2.69 bits per heavy atom. The van der Waals surface area contributed by atoms with Crippen LogP contribution in [0.15, 0.2) is 18.2 Å². The van der Waals surface area contributed by atoms with Crippen molar-refractivity contribution >= 4 is 33.3 Å². The summed E-state index contributed by atoms with van der Waals surface area (Å²) >= 11 is 1.42. The third-order valence-corrected chi connectivity index (χ3v) is 5.12. The summed E-state index contributed by atoms with van der Waals surface area (Å²) in [4.78, 5) is 26.2. The van der Waals surface area contributed by atoms with Crippen LogP contribution in [-0.2, 0) is 16.0 Å². The molecule has 0 spiro atoms. The van der Waals surface area contributed by atoms with E-state index in [-0.39, 0.29) is 24.9 Å². The molecule has 2 rings (SSSR count). The molecular formula is C19H25NO5S. The average molecular weight is 379 g/mol.